The van der Waals surface area contributed by atoms with Gasteiger partial charge in [0.05, 0.1) is 14.2 Å². The van der Waals surface area contributed by atoms with Crippen molar-refractivity contribution in [3.8, 4) is 11.1 Å². The zero-order valence-corrected chi connectivity index (χ0v) is 23.4. The molecule has 2 aromatic rings. The number of thiocarbonyl (C=S) groups is 2. The topological polar surface area (TPSA) is 76.7 Å². The van der Waals surface area contributed by atoms with Crippen molar-refractivity contribution in [3.05, 3.63) is 59.7 Å². The quantitative estimate of drug-likeness (QED) is 0.310. The third-order valence-electron chi connectivity index (χ3n) is 5.63. The molecule has 0 heterocycles. The minimum absolute atomic E-state index is 0.275. The van der Waals surface area contributed by atoms with Gasteiger partial charge in [-0.05, 0) is 35.8 Å². The number of methoxy groups -OCH3 is 2. The lowest BCUT2D eigenvalue weighted by Gasteiger charge is -2.23. The van der Waals surface area contributed by atoms with Crippen LogP contribution in [0, 0.1) is 11.8 Å². The second-order valence-corrected chi connectivity index (χ2v) is 10.3. The van der Waals surface area contributed by atoms with Gasteiger partial charge in [-0.15, -0.1) is 0 Å². The summed E-state index contributed by atoms with van der Waals surface area (Å²) in [4.78, 5) is 25.6. The van der Waals surface area contributed by atoms with E-state index in [0.717, 1.165) is 22.3 Å². The zero-order chi connectivity index (χ0) is 26.8. The molecule has 0 spiro atoms. The van der Waals surface area contributed by atoms with Crippen LogP contribution in [-0.4, -0.2) is 48.2 Å². The predicted octanol–water partition coefficient (Wildman–Crippen LogP) is 5.06. The number of carbonyl (C=O) groups excluding carboxylic acids is 2. The molecule has 8 heteroatoms. The fraction of sp³-hybridized carbons (Fsp3) is 0.429. The van der Waals surface area contributed by atoms with Crippen LogP contribution < -0.4 is 10.6 Å². The Labute approximate surface area is 225 Å². The first kappa shape index (κ1) is 29.4. The summed E-state index contributed by atoms with van der Waals surface area (Å²) < 4.78 is 9.97. The molecule has 0 aliphatic carbocycles. The highest BCUT2D eigenvalue weighted by Crippen LogP contribution is 2.28. The summed E-state index contributed by atoms with van der Waals surface area (Å²) >= 11 is 11.5. The van der Waals surface area contributed by atoms with Gasteiger partial charge in [-0.3, -0.25) is 0 Å². The normalized spacial score (nSPS) is 12.6. The van der Waals surface area contributed by atoms with Crippen molar-refractivity contribution in [1.82, 2.24) is 10.6 Å². The number of benzene rings is 2. The van der Waals surface area contributed by atoms with E-state index in [0.29, 0.717) is 22.8 Å². The first-order chi connectivity index (χ1) is 17.1. The lowest BCUT2D eigenvalue weighted by atomic mass is 9.94. The zero-order valence-electron chi connectivity index (χ0n) is 21.8. The van der Waals surface area contributed by atoms with Crippen molar-refractivity contribution in [2.45, 2.75) is 52.6 Å². The largest absolute Gasteiger partial charge is 0.467 e. The smallest absolute Gasteiger partial charge is 0.328 e. The molecular formula is C28H36N2O4S2. The standard InChI is InChI=1S/C28H36N2O4S2/c1-17(2)15-23(27(31)33-5)29-25(35)21-13-9-7-11-19(21)20-12-8-10-14-22(20)26(36)30-24(16-18(3)4)28(32)34-6/h7-14,17-18,23-24H,15-16H2,1-6H3,(H,29,35)(H,30,36)/t23-,24?/m1/s1. The van der Waals surface area contributed by atoms with E-state index in [4.69, 9.17) is 33.9 Å². The Bertz CT molecular complexity index is 999. The molecule has 36 heavy (non-hydrogen) atoms. The summed E-state index contributed by atoms with van der Waals surface area (Å²) in [5, 5.41) is 6.40. The molecule has 0 saturated carbocycles. The molecule has 0 fully saturated rings. The molecule has 2 N–H and O–H groups in total. The number of hydrogen-bond acceptors (Lipinski definition) is 6. The number of rotatable bonds is 11. The molecule has 0 bridgehead atoms. The van der Waals surface area contributed by atoms with Crippen LogP contribution in [0.3, 0.4) is 0 Å². The maximum atomic E-state index is 12.4. The SMILES string of the molecule is COC(=O)C(CC(C)C)NC(=S)c1ccccc1-c1ccccc1C(=S)N[C@H](CC(C)C)C(=O)OC. The van der Waals surface area contributed by atoms with Gasteiger partial charge in [-0.1, -0.05) is 101 Å². The maximum absolute atomic E-state index is 12.4. The molecule has 0 aliphatic heterocycles. The van der Waals surface area contributed by atoms with Gasteiger partial charge in [0.25, 0.3) is 0 Å². The minimum atomic E-state index is -0.551. The Balaban J connectivity index is 2.43. The van der Waals surface area contributed by atoms with E-state index in [2.05, 4.69) is 10.6 Å². The second-order valence-electron chi connectivity index (χ2n) is 9.45. The fourth-order valence-corrected chi connectivity index (χ4v) is 4.60. The van der Waals surface area contributed by atoms with Crippen LogP contribution in [0.1, 0.15) is 51.7 Å². The third-order valence-corrected chi connectivity index (χ3v) is 6.31. The van der Waals surface area contributed by atoms with Gasteiger partial charge in [-0.25, -0.2) is 9.59 Å². The summed E-state index contributed by atoms with van der Waals surface area (Å²) in [5.74, 6) is -0.156. The molecule has 0 aliphatic rings. The van der Waals surface area contributed by atoms with Gasteiger partial charge in [-0.2, -0.15) is 0 Å². The molecule has 2 atom stereocenters. The van der Waals surface area contributed by atoms with Gasteiger partial charge < -0.3 is 20.1 Å². The molecule has 6 nitrogen and oxygen atoms in total. The molecule has 2 aromatic carbocycles. The summed E-state index contributed by atoms with van der Waals surface area (Å²) in [6.07, 6.45) is 1.18. The van der Waals surface area contributed by atoms with Gasteiger partial charge in [0, 0.05) is 11.1 Å². The minimum Gasteiger partial charge on any atom is -0.467 e. The molecule has 0 saturated heterocycles. The molecular weight excluding hydrogens is 492 g/mol. The molecule has 0 aromatic heterocycles. The van der Waals surface area contributed by atoms with Gasteiger partial charge >= 0.3 is 11.9 Å². The Kier molecular flexibility index (Phi) is 11.5. The van der Waals surface area contributed by atoms with Crippen LogP contribution in [0.2, 0.25) is 0 Å². The first-order valence-corrected chi connectivity index (χ1v) is 12.9. The number of nitrogens with one attached hydrogen (secondary N) is 2. The van der Waals surface area contributed by atoms with Crippen LogP contribution in [0.15, 0.2) is 48.5 Å². The highest BCUT2D eigenvalue weighted by molar-refractivity contribution is 7.81. The van der Waals surface area contributed by atoms with Gasteiger partial charge in [0.1, 0.15) is 22.1 Å². The number of ether oxygens (including phenoxy) is 2. The van der Waals surface area contributed by atoms with E-state index in [1.807, 2.05) is 76.2 Å². The van der Waals surface area contributed by atoms with Crippen LogP contribution >= 0.6 is 24.4 Å². The van der Waals surface area contributed by atoms with Crippen molar-refractivity contribution in [3.63, 3.8) is 0 Å². The summed E-state index contributed by atoms with van der Waals surface area (Å²) in [7, 11) is 2.75. The lowest BCUT2D eigenvalue weighted by Crippen LogP contribution is -2.42. The van der Waals surface area contributed by atoms with E-state index >= 15 is 0 Å². The Hall–Kier alpha value is -2.84. The van der Waals surface area contributed by atoms with Gasteiger partial charge in [0.15, 0.2) is 0 Å². The summed E-state index contributed by atoms with van der Waals surface area (Å²) in [6.45, 7) is 8.17. The number of carbonyl (C=O) groups is 2. The molecule has 0 radical (unpaired) electrons. The average Bonchev–Trinajstić information content (AvgIpc) is 2.86. The average molecular weight is 529 g/mol. The van der Waals surface area contributed by atoms with Crippen molar-refractivity contribution in [2.24, 2.45) is 11.8 Å². The highest BCUT2D eigenvalue weighted by atomic mass is 32.1. The Morgan fingerprint density at radius 3 is 1.33 bits per heavy atom. The monoisotopic (exact) mass is 528 g/mol. The lowest BCUT2D eigenvalue weighted by molar-refractivity contribution is -0.143. The van der Waals surface area contributed by atoms with E-state index in [1.165, 1.54) is 14.2 Å². The second kappa shape index (κ2) is 14.0. The molecule has 2 rings (SSSR count). The van der Waals surface area contributed by atoms with Crippen molar-refractivity contribution in [1.29, 1.82) is 0 Å². The Morgan fingerprint density at radius 1 is 0.694 bits per heavy atom. The predicted molar refractivity (Wildman–Crippen MR) is 152 cm³/mol. The van der Waals surface area contributed by atoms with Crippen molar-refractivity contribution < 1.29 is 19.1 Å². The molecule has 1 unspecified atom stereocenters. The first-order valence-electron chi connectivity index (χ1n) is 12.0. The fourth-order valence-electron chi connectivity index (χ4n) is 3.96. The summed E-state index contributed by atoms with van der Waals surface area (Å²) in [6, 6.07) is 14.3. The van der Waals surface area contributed by atoms with Crippen LogP contribution in [0.25, 0.3) is 11.1 Å². The van der Waals surface area contributed by atoms with E-state index in [9.17, 15) is 9.59 Å². The van der Waals surface area contributed by atoms with E-state index in [-0.39, 0.29) is 23.8 Å². The van der Waals surface area contributed by atoms with Crippen LogP contribution in [0.5, 0.6) is 0 Å². The highest BCUT2D eigenvalue weighted by Gasteiger charge is 2.25. The van der Waals surface area contributed by atoms with Crippen LogP contribution in [-0.2, 0) is 19.1 Å². The third kappa shape index (κ3) is 8.10. The molecule has 0 amide bonds. The number of esters is 2. The van der Waals surface area contributed by atoms with Gasteiger partial charge in [0.2, 0.25) is 0 Å². The maximum Gasteiger partial charge on any atom is 0.328 e. The molecule has 194 valence electrons. The Morgan fingerprint density at radius 2 is 1.03 bits per heavy atom. The summed E-state index contributed by atoms with van der Waals surface area (Å²) in [5.41, 5.74) is 3.27. The van der Waals surface area contributed by atoms with E-state index in [1.54, 1.807) is 0 Å². The van der Waals surface area contributed by atoms with Crippen LogP contribution in [0.4, 0.5) is 0 Å². The number of hydrogen-bond donors (Lipinski definition) is 2. The van der Waals surface area contributed by atoms with E-state index < -0.39 is 12.1 Å². The van der Waals surface area contributed by atoms with Crippen molar-refractivity contribution in [2.75, 3.05) is 14.2 Å². The van der Waals surface area contributed by atoms with Crippen molar-refractivity contribution >= 4 is 46.4 Å².